The van der Waals surface area contributed by atoms with Crippen molar-refractivity contribution in [3.63, 3.8) is 0 Å². The average Bonchev–Trinajstić information content (AvgIpc) is 2.98. The van der Waals surface area contributed by atoms with E-state index in [1.54, 1.807) is 13.2 Å². The highest BCUT2D eigenvalue weighted by Gasteiger charge is 2.24. The molecule has 0 aromatic carbocycles. The van der Waals surface area contributed by atoms with E-state index in [0.29, 0.717) is 23.1 Å². The molecule has 0 aliphatic carbocycles. The highest BCUT2D eigenvalue weighted by Crippen LogP contribution is 2.19. The number of carbonyl (C=O) groups is 1. The van der Waals surface area contributed by atoms with E-state index < -0.39 is 0 Å². The van der Waals surface area contributed by atoms with E-state index in [4.69, 9.17) is 4.74 Å². The number of pyridine rings is 1. The summed E-state index contributed by atoms with van der Waals surface area (Å²) >= 11 is 0. The maximum atomic E-state index is 12.5. The molecule has 7 heteroatoms. The van der Waals surface area contributed by atoms with Gasteiger partial charge in [0.05, 0.1) is 12.6 Å². The molecule has 23 heavy (non-hydrogen) atoms. The van der Waals surface area contributed by atoms with Crippen LogP contribution in [0.3, 0.4) is 0 Å². The van der Waals surface area contributed by atoms with Gasteiger partial charge in [-0.1, -0.05) is 0 Å². The number of nitrogens with zero attached hydrogens (tertiary/aromatic N) is 3. The Kier molecular flexibility index (Phi) is 4.47. The molecule has 0 spiro atoms. The van der Waals surface area contributed by atoms with E-state index in [1.807, 2.05) is 6.07 Å². The van der Waals surface area contributed by atoms with Crippen molar-refractivity contribution in [3.8, 4) is 5.88 Å². The number of likely N-dealkylation sites (tertiary alicyclic amines) is 1. The fraction of sp³-hybridized carbons (Fsp3) is 0.562. The standard InChI is InChI=1S/C16H23N5O2/c1-10(2)21-8-6-11(7-9-21)17-16(22)15-14-12(19-20-15)4-5-13(18-14)23-3/h4-5,10-11H,6-9H2,1-3H3,(H,17,22)(H,19,20). The molecule has 0 unspecified atom stereocenters. The summed E-state index contributed by atoms with van der Waals surface area (Å²) in [5.41, 5.74) is 1.59. The molecule has 3 heterocycles. The molecular formula is C16H23N5O2. The number of hydrogen-bond acceptors (Lipinski definition) is 5. The number of amides is 1. The molecule has 2 aromatic rings. The Hall–Kier alpha value is -2.15. The number of carbonyl (C=O) groups excluding carboxylic acids is 1. The number of ether oxygens (including phenoxy) is 1. The Morgan fingerprint density at radius 2 is 2.13 bits per heavy atom. The van der Waals surface area contributed by atoms with Crippen LogP contribution in [-0.4, -0.2) is 58.3 Å². The van der Waals surface area contributed by atoms with E-state index in [-0.39, 0.29) is 11.9 Å². The van der Waals surface area contributed by atoms with Crippen molar-refractivity contribution in [2.24, 2.45) is 0 Å². The fourth-order valence-corrected chi connectivity index (χ4v) is 2.97. The SMILES string of the molecule is COc1ccc2[nH]nc(C(=O)NC3CCN(C(C)C)CC3)c2n1. The fourth-order valence-electron chi connectivity index (χ4n) is 2.97. The molecule has 1 amide bonds. The number of rotatable bonds is 4. The summed E-state index contributed by atoms with van der Waals surface area (Å²) in [6.07, 6.45) is 1.92. The van der Waals surface area contributed by atoms with Gasteiger partial charge < -0.3 is 15.0 Å². The molecular weight excluding hydrogens is 294 g/mol. The lowest BCUT2D eigenvalue weighted by Crippen LogP contribution is -2.46. The van der Waals surface area contributed by atoms with Crippen molar-refractivity contribution in [1.82, 2.24) is 25.4 Å². The molecule has 0 bridgehead atoms. The van der Waals surface area contributed by atoms with E-state index in [1.165, 1.54) is 0 Å². The second-order valence-electron chi connectivity index (χ2n) is 6.20. The van der Waals surface area contributed by atoms with Crippen LogP contribution in [0.25, 0.3) is 11.0 Å². The van der Waals surface area contributed by atoms with Gasteiger partial charge in [-0.15, -0.1) is 0 Å². The molecule has 2 N–H and O–H groups in total. The normalized spacial score (nSPS) is 16.9. The zero-order valence-electron chi connectivity index (χ0n) is 13.8. The third-order valence-corrected chi connectivity index (χ3v) is 4.40. The van der Waals surface area contributed by atoms with E-state index in [2.05, 4.69) is 39.2 Å². The molecule has 124 valence electrons. The molecule has 1 aliphatic heterocycles. The zero-order valence-corrected chi connectivity index (χ0v) is 13.8. The molecule has 0 radical (unpaired) electrons. The van der Waals surface area contributed by atoms with Crippen LogP contribution >= 0.6 is 0 Å². The second kappa shape index (κ2) is 6.54. The monoisotopic (exact) mass is 317 g/mol. The summed E-state index contributed by atoms with van der Waals surface area (Å²) in [5, 5.41) is 10.0. The predicted molar refractivity (Wildman–Crippen MR) is 87.6 cm³/mol. The molecule has 7 nitrogen and oxygen atoms in total. The number of aromatic amines is 1. The van der Waals surface area contributed by atoms with Crippen molar-refractivity contribution in [2.75, 3.05) is 20.2 Å². The van der Waals surface area contributed by atoms with Crippen LogP contribution in [0.15, 0.2) is 12.1 Å². The van der Waals surface area contributed by atoms with Crippen LogP contribution in [0.5, 0.6) is 5.88 Å². The van der Waals surface area contributed by atoms with Crippen molar-refractivity contribution < 1.29 is 9.53 Å². The minimum absolute atomic E-state index is 0.181. The van der Waals surface area contributed by atoms with Gasteiger partial charge in [-0.25, -0.2) is 4.98 Å². The number of aromatic nitrogens is 3. The molecule has 1 saturated heterocycles. The first-order valence-corrected chi connectivity index (χ1v) is 8.02. The van der Waals surface area contributed by atoms with Crippen LogP contribution in [0, 0.1) is 0 Å². The van der Waals surface area contributed by atoms with Crippen molar-refractivity contribution in [3.05, 3.63) is 17.8 Å². The quantitative estimate of drug-likeness (QED) is 0.894. The van der Waals surface area contributed by atoms with Crippen LogP contribution in [0.4, 0.5) is 0 Å². The second-order valence-corrected chi connectivity index (χ2v) is 6.20. The van der Waals surface area contributed by atoms with E-state index in [9.17, 15) is 4.79 Å². The van der Waals surface area contributed by atoms with E-state index in [0.717, 1.165) is 31.4 Å². The summed E-state index contributed by atoms with van der Waals surface area (Å²) in [4.78, 5) is 19.3. The highest BCUT2D eigenvalue weighted by atomic mass is 16.5. The van der Waals surface area contributed by atoms with Gasteiger partial charge in [0.25, 0.3) is 5.91 Å². The van der Waals surface area contributed by atoms with Gasteiger partial charge in [0.2, 0.25) is 5.88 Å². The Bertz CT molecular complexity index is 689. The van der Waals surface area contributed by atoms with Crippen LogP contribution in [-0.2, 0) is 0 Å². The van der Waals surface area contributed by atoms with Crippen LogP contribution in [0.2, 0.25) is 0 Å². The number of H-pyrrole nitrogens is 1. The third kappa shape index (κ3) is 3.29. The van der Waals surface area contributed by atoms with Crippen molar-refractivity contribution in [1.29, 1.82) is 0 Å². The summed E-state index contributed by atoms with van der Waals surface area (Å²) in [7, 11) is 1.55. The van der Waals surface area contributed by atoms with Gasteiger partial charge in [-0.3, -0.25) is 9.89 Å². The van der Waals surface area contributed by atoms with Gasteiger partial charge in [0.15, 0.2) is 5.69 Å². The Labute approximate surface area is 135 Å². The molecule has 2 aromatic heterocycles. The maximum Gasteiger partial charge on any atom is 0.274 e. The lowest BCUT2D eigenvalue weighted by Gasteiger charge is -2.34. The molecule has 1 aliphatic rings. The number of methoxy groups -OCH3 is 1. The molecule has 1 fully saturated rings. The van der Waals surface area contributed by atoms with Crippen molar-refractivity contribution >= 4 is 16.9 Å². The van der Waals surface area contributed by atoms with E-state index >= 15 is 0 Å². The largest absolute Gasteiger partial charge is 0.481 e. The minimum Gasteiger partial charge on any atom is -0.481 e. The number of fused-ring (bicyclic) bond motifs is 1. The van der Waals surface area contributed by atoms with Gasteiger partial charge >= 0.3 is 0 Å². The first kappa shape index (κ1) is 15.7. The maximum absolute atomic E-state index is 12.5. The Morgan fingerprint density at radius 3 is 2.78 bits per heavy atom. The van der Waals surface area contributed by atoms with Crippen LogP contribution in [0.1, 0.15) is 37.2 Å². The van der Waals surface area contributed by atoms with Gasteiger partial charge in [0.1, 0.15) is 5.52 Å². The smallest absolute Gasteiger partial charge is 0.274 e. The number of piperidine rings is 1. The first-order chi connectivity index (χ1) is 11.1. The predicted octanol–water partition coefficient (Wildman–Crippen LogP) is 1.57. The van der Waals surface area contributed by atoms with Gasteiger partial charge in [0, 0.05) is 31.2 Å². The summed E-state index contributed by atoms with van der Waals surface area (Å²) < 4.78 is 5.12. The Morgan fingerprint density at radius 1 is 1.39 bits per heavy atom. The Balaban J connectivity index is 1.69. The molecule has 0 saturated carbocycles. The highest BCUT2D eigenvalue weighted by molar-refractivity contribution is 6.03. The van der Waals surface area contributed by atoms with Gasteiger partial charge in [-0.2, -0.15) is 5.10 Å². The molecule has 3 rings (SSSR count). The van der Waals surface area contributed by atoms with Crippen molar-refractivity contribution in [2.45, 2.75) is 38.8 Å². The number of hydrogen-bond donors (Lipinski definition) is 2. The lowest BCUT2D eigenvalue weighted by molar-refractivity contribution is 0.0897. The minimum atomic E-state index is -0.181. The topological polar surface area (TPSA) is 83.1 Å². The molecule has 0 atom stereocenters. The number of nitrogens with one attached hydrogen (secondary N) is 2. The summed E-state index contributed by atoms with van der Waals surface area (Å²) in [6, 6.07) is 4.30. The first-order valence-electron chi connectivity index (χ1n) is 8.02. The third-order valence-electron chi connectivity index (χ3n) is 4.40. The average molecular weight is 317 g/mol. The summed E-state index contributed by atoms with van der Waals surface area (Å²) in [5.74, 6) is 0.290. The van der Waals surface area contributed by atoms with Crippen LogP contribution < -0.4 is 10.1 Å². The summed E-state index contributed by atoms with van der Waals surface area (Å²) in [6.45, 7) is 6.42. The van der Waals surface area contributed by atoms with Gasteiger partial charge in [-0.05, 0) is 32.8 Å². The lowest BCUT2D eigenvalue weighted by atomic mass is 10.0. The zero-order chi connectivity index (χ0) is 16.4.